The highest BCUT2D eigenvalue weighted by molar-refractivity contribution is 7.89. The number of halogens is 1. The highest BCUT2D eigenvalue weighted by Gasteiger charge is 2.39. The summed E-state index contributed by atoms with van der Waals surface area (Å²) >= 11 is 5.77. The summed E-state index contributed by atoms with van der Waals surface area (Å²) < 4.78 is 26.4. The summed E-state index contributed by atoms with van der Waals surface area (Å²) in [4.78, 5) is 11.5. The second-order valence-electron chi connectivity index (χ2n) is 4.42. The van der Waals surface area contributed by atoms with E-state index in [0.717, 1.165) is 0 Å². The lowest BCUT2D eigenvalue weighted by Crippen LogP contribution is -2.43. The van der Waals surface area contributed by atoms with Crippen LogP contribution in [0, 0.1) is 0 Å². The Morgan fingerprint density at radius 3 is 2.74 bits per heavy atom. The molecule has 0 aliphatic carbocycles. The maximum absolute atomic E-state index is 12.6. The van der Waals surface area contributed by atoms with Gasteiger partial charge in [-0.25, -0.2) is 8.42 Å². The first kappa shape index (κ1) is 14.3. The Morgan fingerprint density at radius 1 is 1.42 bits per heavy atom. The number of hydrogen-bond donors (Lipinski definition) is 1. The van der Waals surface area contributed by atoms with Crippen molar-refractivity contribution in [2.75, 3.05) is 6.54 Å². The van der Waals surface area contributed by atoms with Crippen LogP contribution in [0.3, 0.4) is 0 Å². The fourth-order valence-corrected chi connectivity index (χ4v) is 4.51. The van der Waals surface area contributed by atoms with Gasteiger partial charge in [-0.05, 0) is 24.5 Å². The summed E-state index contributed by atoms with van der Waals surface area (Å²) in [6, 6.07) is 5.77. The van der Waals surface area contributed by atoms with Crippen molar-refractivity contribution in [1.82, 2.24) is 4.31 Å². The second kappa shape index (κ2) is 5.48. The van der Waals surface area contributed by atoms with Crippen molar-refractivity contribution in [2.24, 2.45) is 5.73 Å². The zero-order valence-electron chi connectivity index (χ0n) is 10.3. The number of benzene rings is 1. The summed E-state index contributed by atoms with van der Waals surface area (Å²) in [5.41, 5.74) is 5.79. The van der Waals surface area contributed by atoms with E-state index in [4.69, 9.17) is 17.3 Å². The van der Waals surface area contributed by atoms with Gasteiger partial charge in [0.1, 0.15) is 6.04 Å². The maximum atomic E-state index is 12.6. The van der Waals surface area contributed by atoms with E-state index in [1.54, 1.807) is 18.2 Å². The molecule has 0 radical (unpaired) electrons. The standard InChI is InChI=1S/C12H15ClN2O3S/c13-8-9-4-1-2-6-11(9)19(17,18)15-7-3-5-10(15)12(14)16/h1-2,4,6,10H,3,5,7-8H2,(H2,14,16). The lowest BCUT2D eigenvalue weighted by atomic mass is 10.2. The van der Waals surface area contributed by atoms with E-state index in [9.17, 15) is 13.2 Å². The molecule has 1 aliphatic heterocycles. The van der Waals surface area contributed by atoms with Crippen molar-refractivity contribution in [3.05, 3.63) is 29.8 Å². The normalized spacial score (nSPS) is 20.6. The molecule has 1 unspecified atom stereocenters. The van der Waals surface area contributed by atoms with Crippen LogP contribution in [0.25, 0.3) is 0 Å². The Morgan fingerprint density at radius 2 is 2.11 bits per heavy atom. The van der Waals surface area contributed by atoms with Crippen LogP contribution in [0.5, 0.6) is 0 Å². The molecule has 2 N–H and O–H groups in total. The summed E-state index contributed by atoms with van der Waals surface area (Å²) in [5.74, 6) is -0.505. The van der Waals surface area contributed by atoms with Crippen LogP contribution in [0.15, 0.2) is 29.2 Å². The van der Waals surface area contributed by atoms with E-state index >= 15 is 0 Å². The molecule has 1 aromatic carbocycles. The number of nitrogens with zero attached hydrogens (tertiary/aromatic N) is 1. The highest BCUT2D eigenvalue weighted by Crippen LogP contribution is 2.28. The number of alkyl halides is 1. The van der Waals surface area contributed by atoms with Gasteiger partial charge in [-0.1, -0.05) is 18.2 Å². The minimum Gasteiger partial charge on any atom is -0.368 e. The van der Waals surface area contributed by atoms with Gasteiger partial charge in [0.2, 0.25) is 15.9 Å². The average Bonchev–Trinajstić information content (AvgIpc) is 2.88. The van der Waals surface area contributed by atoms with Crippen LogP contribution in [-0.4, -0.2) is 31.2 Å². The molecule has 19 heavy (non-hydrogen) atoms. The fourth-order valence-electron chi connectivity index (χ4n) is 2.30. The zero-order valence-corrected chi connectivity index (χ0v) is 11.8. The van der Waals surface area contributed by atoms with Gasteiger partial charge >= 0.3 is 0 Å². The average molecular weight is 303 g/mol. The fraction of sp³-hybridized carbons (Fsp3) is 0.417. The molecule has 0 bridgehead atoms. The summed E-state index contributed by atoms with van der Waals surface area (Å²) in [5, 5.41) is 0. The molecule has 5 nitrogen and oxygen atoms in total. The van der Waals surface area contributed by atoms with Crippen molar-refractivity contribution < 1.29 is 13.2 Å². The van der Waals surface area contributed by atoms with E-state index in [1.807, 2.05) is 0 Å². The first-order chi connectivity index (χ1) is 8.98. The van der Waals surface area contributed by atoms with Crippen LogP contribution >= 0.6 is 11.6 Å². The topological polar surface area (TPSA) is 80.5 Å². The van der Waals surface area contributed by atoms with Gasteiger partial charge in [-0.3, -0.25) is 4.79 Å². The first-order valence-electron chi connectivity index (χ1n) is 5.93. The van der Waals surface area contributed by atoms with Gasteiger partial charge < -0.3 is 5.73 Å². The summed E-state index contributed by atoms with van der Waals surface area (Å²) in [6.07, 6.45) is 1.10. The third kappa shape index (κ3) is 2.61. The Kier molecular flexibility index (Phi) is 4.13. The van der Waals surface area contributed by atoms with Crippen LogP contribution in [0.1, 0.15) is 18.4 Å². The summed E-state index contributed by atoms with van der Waals surface area (Å²) in [6.45, 7) is 0.312. The molecule has 0 aromatic heterocycles. The molecule has 0 spiro atoms. The molecule has 0 saturated carbocycles. The molecule has 2 rings (SSSR count). The molecule has 1 fully saturated rings. The van der Waals surface area contributed by atoms with Crippen molar-refractivity contribution >= 4 is 27.5 Å². The number of nitrogens with two attached hydrogens (primary N) is 1. The number of sulfonamides is 1. The van der Waals surface area contributed by atoms with Crippen molar-refractivity contribution in [3.8, 4) is 0 Å². The molecule has 1 aromatic rings. The molecule has 1 amide bonds. The number of primary amides is 1. The minimum absolute atomic E-state index is 0.102. The Labute approximate surface area is 117 Å². The lowest BCUT2D eigenvalue weighted by Gasteiger charge is -2.22. The quantitative estimate of drug-likeness (QED) is 0.845. The van der Waals surface area contributed by atoms with Crippen molar-refractivity contribution in [3.63, 3.8) is 0 Å². The Bertz CT molecular complexity index is 588. The molecule has 104 valence electrons. The van der Waals surface area contributed by atoms with E-state index in [1.165, 1.54) is 10.4 Å². The number of carbonyl (C=O) groups is 1. The van der Waals surface area contributed by atoms with E-state index in [2.05, 4.69) is 0 Å². The molecule has 1 atom stereocenters. The zero-order chi connectivity index (χ0) is 14.0. The molecule has 1 heterocycles. The van der Waals surface area contributed by atoms with Crippen molar-refractivity contribution in [1.29, 1.82) is 0 Å². The Hall–Kier alpha value is -1.11. The molecule has 1 aliphatic rings. The molecular weight excluding hydrogens is 288 g/mol. The van der Waals surface area contributed by atoms with Crippen molar-refractivity contribution in [2.45, 2.75) is 29.7 Å². The number of amides is 1. The van der Waals surface area contributed by atoms with Gasteiger partial charge in [0.05, 0.1) is 4.90 Å². The van der Waals surface area contributed by atoms with Gasteiger partial charge in [0.25, 0.3) is 0 Å². The van der Waals surface area contributed by atoms with Crippen LogP contribution in [0.2, 0.25) is 0 Å². The molecule has 7 heteroatoms. The van der Waals surface area contributed by atoms with Crippen LogP contribution < -0.4 is 5.73 Å². The van der Waals surface area contributed by atoms with E-state index < -0.39 is 22.0 Å². The van der Waals surface area contributed by atoms with E-state index in [0.29, 0.717) is 24.9 Å². The Balaban J connectivity index is 2.45. The monoisotopic (exact) mass is 302 g/mol. The lowest BCUT2D eigenvalue weighted by molar-refractivity contribution is -0.121. The highest BCUT2D eigenvalue weighted by atomic mass is 35.5. The van der Waals surface area contributed by atoms with Gasteiger partial charge in [0, 0.05) is 12.4 Å². The SMILES string of the molecule is NC(=O)C1CCCN1S(=O)(=O)c1ccccc1CCl. The minimum atomic E-state index is -3.73. The molecular formula is C12H15ClN2O3S. The smallest absolute Gasteiger partial charge is 0.244 e. The largest absolute Gasteiger partial charge is 0.368 e. The first-order valence-corrected chi connectivity index (χ1v) is 7.91. The molecule has 1 saturated heterocycles. The van der Waals surface area contributed by atoms with Crippen LogP contribution in [-0.2, 0) is 20.7 Å². The maximum Gasteiger partial charge on any atom is 0.244 e. The third-order valence-corrected chi connectivity index (χ3v) is 5.53. The van der Waals surface area contributed by atoms with Gasteiger partial charge in [-0.2, -0.15) is 4.31 Å². The van der Waals surface area contributed by atoms with E-state index in [-0.39, 0.29) is 10.8 Å². The number of hydrogen-bond acceptors (Lipinski definition) is 3. The van der Waals surface area contributed by atoms with Gasteiger partial charge in [-0.15, -0.1) is 11.6 Å². The number of rotatable bonds is 4. The van der Waals surface area contributed by atoms with Crippen LogP contribution in [0.4, 0.5) is 0 Å². The summed E-state index contributed by atoms with van der Waals surface area (Å²) in [7, 11) is -3.73. The van der Waals surface area contributed by atoms with Gasteiger partial charge in [0.15, 0.2) is 0 Å². The second-order valence-corrected chi connectivity index (χ2v) is 6.54. The predicted molar refractivity (Wildman–Crippen MR) is 72.1 cm³/mol. The number of carbonyl (C=O) groups excluding carboxylic acids is 1. The predicted octanol–water partition coefficient (Wildman–Crippen LogP) is 1.06. The third-order valence-electron chi connectivity index (χ3n) is 3.24.